The Morgan fingerprint density at radius 1 is 1.11 bits per heavy atom. The van der Waals surface area contributed by atoms with Crippen LogP contribution in [0.3, 0.4) is 0 Å². The molecule has 1 amide bonds. The number of methoxy groups -OCH3 is 2. The molecule has 8 heteroatoms. The summed E-state index contributed by atoms with van der Waals surface area (Å²) in [6.45, 7) is 3.47. The van der Waals surface area contributed by atoms with Gasteiger partial charge in [0.25, 0.3) is 0 Å². The van der Waals surface area contributed by atoms with E-state index in [0.29, 0.717) is 13.1 Å². The summed E-state index contributed by atoms with van der Waals surface area (Å²) < 4.78 is 9.43. The van der Waals surface area contributed by atoms with Gasteiger partial charge in [-0.3, -0.25) is 9.69 Å². The largest absolute Gasteiger partial charge is 0.465 e. The Morgan fingerprint density at radius 2 is 1.85 bits per heavy atom. The second-order valence-electron chi connectivity index (χ2n) is 5.67. The second kappa shape index (κ2) is 9.84. The average Bonchev–Trinajstić information content (AvgIpc) is 3.19. The highest BCUT2D eigenvalue weighted by atomic mass is 32.1. The van der Waals surface area contributed by atoms with Crippen molar-refractivity contribution in [3.63, 3.8) is 0 Å². The molecule has 0 atom stereocenters. The van der Waals surface area contributed by atoms with Crippen molar-refractivity contribution in [2.24, 2.45) is 0 Å². The van der Waals surface area contributed by atoms with Gasteiger partial charge in [0.15, 0.2) is 0 Å². The van der Waals surface area contributed by atoms with Gasteiger partial charge in [0, 0.05) is 11.4 Å². The monoisotopic (exact) mass is 390 g/mol. The zero-order chi connectivity index (χ0) is 19.8. The number of hydrogen-bond donors (Lipinski definition) is 1. The molecule has 2 aromatic rings. The summed E-state index contributed by atoms with van der Waals surface area (Å²) in [4.78, 5) is 39.3. The van der Waals surface area contributed by atoms with Crippen LogP contribution in [0, 0.1) is 0 Å². The van der Waals surface area contributed by atoms with Crippen molar-refractivity contribution in [3.8, 4) is 0 Å². The summed E-state index contributed by atoms with van der Waals surface area (Å²) in [7, 11) is 2.51. The third kappa shape index (κ3) is 5.63. The number of ether oxygens (including phenoxy) is 2. The van der Waals surface area contributed by atoms with Gasteiger partial charge >= 0.3 is 11.9 Å². The summed E-state index contributed by atoms with van der Waals surface area (Å²) in [5, 5.41) is 4.69. The van der Waals surface area contributed by atoms with E-state index in [0.717, 1.165) is 4.88 Å². The maximum absolute atomic E-state index is 12.5. The van der Waals surface area contributed by atoms with Crippen molar-refractivity contribution < 1.29 is 23.9 Å². The smallest absolute Gasteiger partial charge is 0.339 e. The molecule has 1 aromatic carbocycles. The quantitative estimate of drug-likeness (QED) is 0.698. The van der Waals surface area contributed by atoms with E-state index in [9.17, 15) is 14.4 Å². The number of hydrogen-bond acceptors (Lipinski definition) is 7. The second-order valence-corrected chi connectivity index (χ2v) is 6.71. The summed E-state index contributed by atoms with van der Waals surface area (Å²) in [5.74, 6) is -1.46. The van der Waals surface area contributed by atoms with Gasteiger partial charge in [-0.25, -0.2) is 9.59 Å². The fourth-order valence-corrected chi connectivity index (χ4v) is 3.22. The average molecular weight is 390 g/mol. The zero-order valence-corrected chi connectivity index (χ0v) is 16.3. The molecular formula is C19H22N2O5S. The van der Waals surface area contributed by atoms with E-state index in [1.165, 1.54) is 32.4 Å². The molecule has 1 aromatic heterocycles. The molecule has 7 nitrogen and oxygen atoms in total. The standard InChI is InChI=1S/C19H22N2O5S/c1-4-21(11-14-6-5-9-27-14)12-17(22)20-16-10-13(18(23)25-2)7-8-15(16)19(24)26-3/h5-10H,4,11-12H2,1-3H3,(H,20,22). The third-order valence-corrected chi connectivity index (χ3v) is 4.76. The van der Waals surface area contributed by atoms with Crippen LogP contribution in [0.25, 0.3) is 0 Å². The first kappa shape index (κ1) is 20.6. The summed E-state index contributed by atoms with van der Waals surface area (Å²) >= 11 is 1.63. The minimum Gasteiger partial charge on any atom is -0.465 e. The van der Waals surface area contributed by atoms with Gasteiger partial charge in [0.05, 0.1) is 37.6 Å². The van der Waals surface area contributed by atoms with E-state index >= 15 is 0 Å². The van der Waals surface area contributed by atoms with Crippen molar-refractivity contribution >= 4 is 34.9 Å². The zero-order valence-electron chi connectivity index (χ0n) is 15.5. The SMILES string of the molecule is CCN(CC(=O)Nc1cc(C(=O)OC)ccc1C(=O)OC)Cc1cccs1. The molecule has 1 N–H and O–H groups in total. The van der Waals surface area contributed by atoms with Crippen LogP contribution in [0.1, 0.15) is 32.5 Å². The van der Waals surface area contributed by atoms with Gasteiger partial charge in [-0.2, -0.15) is 0 Å². The number of nitrogens with one attached hydrogen (secondary N) is 1. The number of anilines is 1. The maximum Gasteiger partial charge on any atom is 0.339 e. The molecule has 0 fully saturated rings. The maximum atomic E-state index is 12.5. The molecule has 144 valence electrons. The number of carbonyl (C=O) groups is 3. The predicted molar refractivity (Wildman–Crippen MR) is 103 cm³/mol. The van der Waals surface area contributed by atoms with E-state index in [2.05, 4.69) is 10.1 Å². The number of likely N-dealkylation sites (N-methyl/N-ethyl adjacent to an activating group) is 1. The number of esters is 2. The van der Waals surface area contributed by atoms with Gasteiger partial charge in [-0.15, -0.1) is 11.3 Å². The molecule has 2 rings (SSSR count). The third-order valence-electron chi connectivity index (χ3n) is 3.89. The normalized spacial score (nSPS) is 10.5. The van der Waals surface area contributed by atoms with Gasteiger partial charge < -0.3 is 14.8 Å². The summed E-state index contributed by atoms with van der Waals surface area (Å²) in [6, 6.07) is 8.26. The lowest BCUT2D eigenvalue weighted by Gasteiger charge is -2.19. The summed E-state index contributed by atoms with van der Waals surface area (Å²) in [5.41, 5.74) is 0.605. The molecule has 0 saturated heterocycles. The van der Waals surface area contributed by atoms with E-state index in [1.807, 2.05) is 29.3 Å². The topological polar surface area (TPSA) is 84.9 Å². The van der Waals surface area contributed by atoms with Crippen LogP contribution in [-0.4, -0.2) is 50.1 Å². The Hall–Kier alpha value is -2.71. The van der Waals surface area contributed by atoms with Crippen molar-refractivity contribution in [2.75, 3.05) is 32.6 Å². The lowest BCUT2D eigenvalue weighted by Crippen LogP contribution is -2.33. The summed E-state index contributed by atoms with van der Waals surface area (Å²) in [6.07, 6.45) is 0. The van der Waals surface area contributed by atoms with Gasteiger partial charge in [0.1, 0.15) is 0 Å². The van der Waals surface area contributed by atoms with Crippen LogP contribution in [0.4, 0.5) is 5.69 Å². The lowest BCUT2D eigenvalue weighted by atomic mass is 10.1. The Bertz CT molecular complexity index is 804. The minimum absolute atomic E-state index is 0.150. The fourth-order valence-electron chi connectivity index (χ4n) is 2.48. The number of nitrogens with zero attached hydrogens (tertiary/aromatic N) is 1. The van der Waals surface area contributed by atoms with E-state index < -0.39 is 11.9 Å². The van der Waals surface area contributed by atoms with Crippen molar-refractivity contribution in [2.45, 2.75) is 13.5 Å². The number of benzene rings is 1. The van der Waals surface area contributed by atoms with Crippen LogP contribution in [-0.2, 0) is 20.8 Å². The molecule has 0 aliphatic carbocycles. The molecule has 0 saturated carbocycles. The number of amides is 1. The highest BCUT2D eigenvalue weighted by Crippen LogP contribution is 2.20. The fraction of sp³-hybridized carbons (Fsp3) is 0.316. The molecule has 0 aliphatic heterocycles. The Balaban J connectivity index is 2.16. The highest BCUT2D eigenvalue weighted by molar-refractivity contribution is 7.09. The van der Waals surface area contributed by atoms with E-state index in [4.69, 9.17) is 4.74 Å². The molecule has 27 heavy (non-hydrogen) atoms. The first-order chi connectivity index (χ1) is 13.0. The van der Waals surface area contributed by atoms with Crippen molar-refractivity contribution in [3.05, 3.63) is 51.7 Å². The molecule has 1 heterocycles. The van der Waals surface area contributed by atoms with Crippen molar-refractivity contribution in [1.82, 2.24) is 4.90 Å². The first-order valence-corrected chi connectivity index (χ1v) is 9.21. The van der Waals surface area contributed by atoms with Gasteiger partial charge in [-0.1, -0.05) is 13.0 Å². The van der Waals surface area contributed by atoms with Crippen LogP contribution in [0.2, 0.25) is 0 Å². The number of thiophene rings is 1. The van der Waals surface area contributed by atoms with Crippen LogP contribution >= 0.6 is 11.3 Å². The molecular weight excluding hydrogens is 368 g/mol. The molecule has 0 radical (unpaired) electrons. The Morgan fingerprint density at radius 3 is 2.44 bits per heavy atom. The highest BCUT2D eigenvalue weighted by Gasteiger charge is 2.18. The van der Waals surface area contributed by atoms with Crippen molar-refractivity contribution in [1.29, 1.82) is 0 Å². The van der Waals surface area contributed by atoms with E-state index in [1.54, 1.807) is 11.3 Å². The minimum atomic E-state index is -0.604. The Labute approximate surface area is 161 Å². The number of rotatable bonds is 8. The van der Waals surface area contributed by atoms with E-state index in [-0.39, 0.29) is 29.3 Å². The van der Waals surface area contributed by atoms with Crippen LogP contribution < -0.4 is 5.32 Å². The number of carbonyl (C=O) groups excluding carboxylic acids is 3. The molecule has 0 bridgehead atoms. The predicted octanol–water partition coefficient (Wildman–Crippen LogP) is 2.78. The molecule has 0 aliphatic rings. The molecule has 0 unspecified atom stereocenters. The van der Waals surface area contributed by atoms with Crippen LogP contribution in [0.5, 0.6) is 0 Å². The van der Waals surface area contributed by atoms with Gasteiger partial charge in [0.2, 0.25) is 5.91 Å². The van der Waals surface area contributed by atoms with Gasteiger partial charge in [-0.05, 0) is 36.2 Å². The van der Waals surface area contributed by atoms with Crippen LogP contribution in [0.15, 0.2) is 35.7 Å². The Kier molecular flexibility index (Phi) is 7.51. The lowest BCUT2D eigenvalue weighted by molar-refractivity contribution is -0.117. The first-order valence-electron chi connectivity index (χ1n) is 8.33. The molecule has 0 spiro atoms.